The molecule has 0 fully saturated rings. The molecule has 1 atom stereocenters. The number of rotatable bonds is 21. The number of halogens is 1. The Morgan fingerprint density at radius 2 is 1.38 bits per heavy atom. The third-order valence-electron chi connectivity index (χ3n) is 4.84. The van der Waals surface area contributed by atoms with Crippen LogP contribution in [0.5, 0.6) is 0 Å². The number of carbonyl (C=O) groups is 2. The van der Waals surface area contributed by atoms with Crippen molar-refractivity contribution in [3.63, 3.8) is 0 Å². The zero-order valence-corrected chi connectivity index (χ0v) is 26.6. The average Bonchev–Trinajstić information content (AvgIpc) is 2.77. The molecule has 0 radical (unpaired) electrons. The second-order valence-electron chi connectivity index (χ2n) is 8.62. The third kappa shape index (κ3) is 13.7. The lowest BCUT2D eigenvalue weighted by Gasteiger charge is -2.30. The van der Waals surface area contributed by atoms with Crippen LogP contribution in [0.2, 0.25) is 0 Å². The molecule has 0 spiro atoms. The van der Waals surface area contributed by atoms with Crippen molar-refractivity contribution in [3.8, 4) is 0 Å². The highest BCUT2D eigenvalue weighted by Gasteiger charge is 2.43. The minimum absolute atomic E-state index is 0.0970. The molecule has 0 aromatic heterocycles. The fraction of sp³-hybridized carbons (Fsp3) is 0.909. The number of hydrogen-bond acceptors (Lipinski definition) is 9. The lowest BCUT2D eigenvalue weighted by Crippen LogP contribution is -2.49. The van der Waals surface area contributed by atoms with E-state index < -0.39 is 24.8 Å². The van der Waals surface area contributed by atoms with Crippen LogP contribution in [0.1, 0.15) is 73.6 Å². The van der Waals surface area contributed by atoms with Gasteiger partial charge >= 0.3 is 21.0 Å². The van der Waals surface area contributed by atoms with E-state index in [1.54, 1.807) is 20.8 Å². The first-order valence-corrected chi connectivity index (χ1v) is 15.3. The summed E-state index contributed by atoms with van der Waals surface area (Å²) in [7, 11) is -2.63. The fourth-order valence-electron chi connectivity index (χ4n) is 3.19. The van der Waals surface area contributed by atoms with E-state index in [2.05, 4.69) is 22.9 Å². The molecule has 0 aliphatic carbocycles. The highest BCUT2D eigenvalue weighted by molar-refractivity contribution is 9.10. The lowest BCUT2D eigenvalue weighted by atomic mass is 9.83. The molecule has 9 nitrogen and oxygen atoms in total. The van der Waals surface area contributed by atoms with E-state index in [0.717, 1.165) is 25.7 Å². The summed E-state index contributed by atoms with van der Waals surface area (Å²) in [6.07, 6.45) is 4.36. The van der Waals surface area contributed by atoms with Gasteiger partial charge in [-0.1, -0.05) is 42.1 Å². The number of hydrogen-bond donors (Lipinski definition) is 0. The molecule has 0 saturated carbocycles. The second-order valence-corrected chi connectivity index (χ2v) is 13.9. The van der Waals surface area contributed by atoms with Crippen LogP contribution in [0, 0.1) is 5.41 Å². The monoisotopic (exact) mass is 588 g/mol. The first-order chi connectivity index (χ1) is 16.0. The zero-order valence-electron chi connectivity index (χ0n) is 22.0. The van der Waals surface area contributed by atoms with E-state index in [1.807, 2.05) is 13.8 Å². The van der Waals surface area contributed by atoms with Crippen molar-refractivity contribution in [3.05, 3.63) is 0 Å². The van der Waals surface area contributed by atoms with Gasteiger partial charge in [-0.2, -0.15) is 0 Å². The number of ether oxygens (including phenoxy) is 3. The normalized spacial score (nSPS) is 14.1. The molecule has 0 amide bonds. The molecule has 0 rings (SSSR count). The standard InChI is InChI=1S/C22H45BrO9Si2/c1-7-10-11-12-13-27-20(25)22(6,23)18-21(4,5)19(24)28-16-14-26-15-17-31-34(32-33,29-8-2)30-9-3/h7-18H2,1-6,33H3. The molecular weight excluding hydrogens is 544 g/mol. The van der Waals surface area contributed by atoms with Crippen molar-refractivity contribution >= 4 is 47.4 Å². The van der Waals surface area contributed by atoms with Gasteiger partial charge in [0.2, 0.25) is 0 Å². The SMILES string of the molecule is CCCCCCOC(=O)C(C)(Br)CC(C)(C)C(=O)OCCOCCO[Si](O[SiH3])(OCC)OCC. The molecule has 0 bridgehead atoms. The summed E-state index contributed by atoms with van der Waals surface area (Å²) in [6, 6.07) is 0. The molecule has 0 aliphatic heterocycles. The number of esters is 2. The first-order valence-electron chi connectivity index (χ1n) is 12.1. The van der Waals surface area contributed by atoms with Crippen molar-refractivity contribution in [2.24, 2.45) is 5.41 Å². The van der Waals surface area contributed by atoms with E-state index in [4.69, 9.17) is 31.6 Å². The van der Waals surface area contributed by atoms with Gasteiger partial charge < -0.3 is 31.6 Å². The molecular formula is C22H45BrO9Si2. The van der Waals surface area contributed by atoms with Crippen molar-refractivity contribution in [1.29, 1.82) is 0 Å². The molecule has 12 heteroatoms. The predicted octanol–water partition coefficient (Wildman–Crippen LogP) is 3.06. The van der Waals surface area contributed by atoms with Gasteiger partial charge in [0, 0.05) is 13.2 Å². The van der Waals surface area contributed by atoms with Crippen LogP contribution in [-0.2, 0) is 41.2 Å². The third-order valence-corrected chi connectivity index (χ3v) is 9.29. The summed E-state index contributed by atoms with van der Waals surface area (Å²) in [5, 5.41) is 0. The Labute approximate surface area is 218 Å². The first kappa shape index (κ1) is 33.7. The summed E-state index contributed by atoms with van der Waals surface area (Å²) in [5.41, 5.74) is -0.884. The number of alkyl halides is 1. The largest absolute Gasteiger partial charge is 0.668 e. The lowest BCUT2D eigenvalue weighted by molar-refractivity contribution is -0.157. The van der Waals surface area contributed by atoms with Crippen molar-refractivity contribution in [2.75, 3.05) is 46.2 Å². The van der Waals surface area contributed by atoms with Gasteiger partial charge in [0.1, 0.15) is 21.4 Å². The Morgan fingerprint density at radius 3 is 1.94 bits per heavy atom. The van der Waals surface area contributed by atoms with E-state index in [0.29, 0.717) is 30.3 Å². The Balaban J connectivity index is 4.31. The molecule has 0 aromatic carbocycles. The second kappa shape index (κ2) is 18.0. The molecule has 0 heterocycles. The van der Waals surface area contributed by atoms with E-state index in [9.17, 15) is 9.59 Å². The zero-order chi connectivity index (χ0) is 26.1. The highest BCUT2D eigenvalue weighted by Crippen LogP contribution is 2.36. The maximum Gasteiger partial charge on any atom is 0.668 e. The number of carbonyl (C=O) groups excluding carboxylic acids is 2. The minimum atomic E-state index is -3.07. The summed E-state index contributed by atoms with van der Waals surface area (Å²) < 4.78 is 37.5. The highest BCUT2D eigenvalue weighted by atomic mass is 79.9. The summed E-state index contributed by atoms with van der Waals surface area (Å²) in [4.78, 5) is 25.0. The Morgan fingerprint density at radius 1 is 0.794 bits per heavy atom. The van der Waals surface area contributed by atoms with E-state index in [-0.39, 0.29) is 38.8 Å². The quantitative estimate of drug-likeness (QED) is 0.0866. The molecule has 34 heavy (non-hydrogen) atoms. The van der Waals surface area contributed by atoms with Gasteiger partial charge in [-0.15, -0.1) is 0 Å². The van der Waals surface area contributed by atoms with Crippen LogP contribution in [0.3, 0.4) is 0 Å². The van der Waals surface area contributed by atoms with Gasteiger partial charge in [-0.05, 0) is 47.5 Å². The molecule has 0 saturated heterocycles. The molecule has 0 aromatic rings. The number of unbranched alkanes of at least 4 members (excludes halogenated alkanes) is 3. The maximum absolute atomic E-state index is 12.6. The Kier molecular flexibility index (Phi) is 17.8. The predicted molar refractivity (Wildman–Crippen MR) is 139 cm³/mol. The van der Waals surface area contributed by atoms with Crippen LogP contribution in [-0.4, -0.2) is 82.0 Å². The Bertz CT molecular complexity index is 571. The topological polar surface area (TPSA) is 98.8 Å². The van der Waals surface area contributed by atoms with Crippen LogP contribution in [0.4, 0.5) is 0 Å². The van der Waals surface area contributed by atoms with Crippen molar-refractivity contribution < 1.29 is 41.2 Å². The summed E-state index contributed by atoms with van der Waals surface area (Å²) in [6.45, 7) is 13.2. The van der Waals surface area contributed by atoms with Gasteiger partial charge in [0.25, 0.3) is 0 Å². The van der Waals surface area contributed by atoms with Crippen LogP contribution in [0.25, 0.3) is 0 Å². The molecule has 0 N–H and O–H groups in total. The van der Waals surface area contributed by atoms with E-state index >= 15 is 0 Å². The van der Waals surface area contributed by atoms with Gasteiger partial charge in [-0.25, -0.2) is 0 Å². The van der Waals surface area contributed by atoms with Crippen LogP contribution < -0.4 is 0 Å². The van der Waals surface area contributed by atoms with Crippen LogP contribution >= 0.6 is 15.9 Å². The molecule has 0 aliphatic rings. The fourth-order valence-corrected chi connectivity index (χ4v) is 6.71. The maximum atomic E-state index is 12.6. The van der Waals surface area contributed by atoms with Gasteiger partial charge in [0.05, 0.1) is 31.8 Å². The molecule has 1 unspecified atom stereocenters. The summed E-state index contributed by atoms with van der Waals surface area (Å²) in [5.74, 6) is -0.775. The van der Waals surface area contributed by atoms with Gasteiger partial charge in [0.15, 0.2) is 0 Å². The van der Waals surface area contributed by atoms with Crippen LogP contribution in [0.15, 0.2) is 0 Å². The van der Waals surface area contributed by atoms with Crippen molar-refractivity contribution in [2.45, 2.75) is 78.0 Å². The average molecular weight is 590 g/mol. The smallest absolute Gasteiger partial charge is 0.465 e. The van der Waals surface area contributed by atoms with E-state index in [1.165, 1.54) is 0 Å². The minimum Gasteiger partial charge on any atom is -0.465 e. The van der Waals surface area contributed by atoms with Gasteiger partial charge in [-0.3, -0.25) is 9.59 Å². The summed E-state index contributed by atoms with van der Waals surface area (Å²) >= 11 is 3.44. The Hall–Kier alpha value is -0.346. The van der Waals surface area contributed by atoms with Crippen molar-refractivity contribution in [1.82, 2.24) is 0 Å². The molecule has 202 valence electrons.